The van der Waals surface area contributed by atoms with Crippen molar-refractivity contribution in [3.05, 3.63) is 29.3 Å². The Balaban J connectivity index is 1.55. The molecule has 2 amide bonds. The molecule has 1 aliphatic heterocycles. The van der Waals surface area contributed by atoms with E-state index in [0.717, 1.165) is 29.1 Å². The van der Waals surface area contributed by atoms with Crippen LogP contribution in [0.1, 0.15) is 30.2 Å². The number of carbonyl (C=O) groups excluding carboxylic acids is 2. The van der Waals surface area contributed by atoms with Gasteiger partial charge in [-0.2, -0.15) is 11.8 Å². The fraction of sp³-hybridized carbons (Fsp3) is 0.526. The molecule has 0 spiro atoms. The van der Waals surface area contributed by atoms with Gasteiger partial charge in [0.15, 0.2) is 0 Å². The van der Waals surface area contributed by atoms with Crippen molar-refractivity contribution in [3.8, 4) is 0 Å². The number of rotatable bonds is 6. The molecule has 2 aromatic rings. The highest BCUT2D eigenvalue weighted by Crippen LogP contribution is 2.33. The molecule has 1 aromatic carbocycles. The van der Waals surface area contributed by atoms with E-state index in [1.165, 1.54) is 11.8 Å². The summed E-state index contributed by atoms with van der Waals surface area (Å²) in [6.07, 6.45) is 4.33. The van der Waals surface area contributed by atoms with Crippen molar-refractivity contribution in [1.82, 2.24) is 15.2 Å². The summed E-state index contributed by atoms with van der Waals surface area (Å²) in [7, 11) is 1.35. The molecule has 1 saturated heterocycles. The zero-order chi connectivity index (χ0) is 19.2. The largest absolute Gasteiger partial charge is 0.467 e. The average Bonchev–Trinajstić information content (AvgIpc) is 3.14. The van der Waals surface area contributed by atoms with Crippen LogP contribution >= 0.6 is 23.1 Å². The lowest BCUT2D eigenvalue weighted by atomic mass is 9.98. The first-order valence-corrected chi connectivity index (χ1v) is 11.3. The molecular formula is C19H25N3O3S2. The maximum atomic E-state index is 12.6. The van der Waals surface area contributed by atoms with Crippen molar-refractivity contribution in [2.24, 2.45) is 0 Å². The van der Waals surface area contributed by atoms with Gasteiger partial charge in [0, 0.05) is 19.0 Å². The minimum Gasteiger partial charge on any atom is -0.467 e. The quantitative estimate of drug-likeness (QED) is 0.743. The zero-order valence-corrected chi connectivity index (χ0v) is 17.3. The Morgan fingerprint density at radius 2 is 2.11 bits per heavy atom. The van der Waals surface area contributed by atoms with Gasteiger partial charge in [0.05, 0.1) is 22.3 Å². The third-order valence-electron chi connectivity index (χ3n) is 4.84. The summed E-state index contributed by atoms with van der Waals surface area (Å²) in [4.78, 5) is 31.0. The van der Waals surface area contributed by atoms with E-state index in [1.54, 1.807) is 28.0 Å². The smallest absolute Gasteiger partial charge is 0.328 e. The summed E-state index contributed by atoms with van der Waals surface area (Å²) in [5, 5.41) is 3.99. The fourth-order valence-corrected chi connectivity index (χ4v) is 4.87. The van der Waals surface area contributed by atoms with Crippen molar-refractivity contribution >= 4 is 45.3 Å². The first-order valence-electron chi connectivity index (χ1n) is 9.10. The SMILES string of the molecule is COC(=O)[C@H](CCSC)NC(=O)N1CCC(c2nc3ccccc3s2)CC1. The Labute approximate surface area is 167 Å². The molecule has 0 bridgehead atoms. The number of likely N-dealkylation sites (tertiary alicyclic amines) is 1. The fourth-order valence-electron chi connectivity index (χ4n) is 3.26. The number of urea groups is 1. The van der Waals surface area contributed by atoms with Crippen LogP contribution in [-0.4, -0.2) is 60.1 Å². The van der Waals surface area contributed by atoms with Crippen molar-refractivity contribution in [3.63, 3.8) is 0 Å². The molecule has 1 aromatic heterocycles. The number of carbonyl (C=O) groups is 2. The molecule has 1 fully saturated rings. The summed E-state index contributed by atoms with van der Waals surface area (Å²) in [5.41, 5.74) is 1.05. The molecule has 0 radical (unpaired) electrons. The molecule has 0 aliphatic carbocycles. The number of hydrogen-bond donors (Lipinski definition) is 1. The van der Waals surface area contributed by atoms with Crippen LogP contribution < -0.4 is 5.32 Å². The van der Waals surface area contributed by atoms with Crippen LogP contribution in [0.4, 0.5) is 4.79 Å². The number of benzene rings is 1. The predicted molar refractivity (Wildman–Crippen MR) is 111 cm³/mol. The molecular weight excluding hydrogens is 382 g/mol. The molecule has 2 heterocycles. The average molecular weight is 408 g/mol. The van der Waals surface area contributed by atoms with Crippen LogP contribution in [0.3, 0.4) is 0 Å². The second kappa shape index (κ2) is 9.41. The number of esters is 1. The highest BCUT2D eigenvalue weighted by molar-refractivity contribution is 7.98. The van der Waals surface area contributed by atoms with Gasteiger partial charge in [-0.25, -0.2) is 14.6 Å². The van der Waals surface area contributed by atoms with Gasteiger partial charge in [0.1, 0.15) is 6.04 Å². The maximum Gasteiger partial charge on any atom is 0.328 e. The standard InChI is InChI=1S/C19H25N3O3S2/c1-25-18(23)15(9-12-26-2)21-19(24)22-10-7-13(8-11-22)17-20-14-5-3-4-6-16(14)27-17/h3-6,13,15H,7-12H2,1-2H3,(H,21,24)/t15-/m0/s1. The number of ether oxygens (including phenoxy) is 1. The van der Waals surface area contributed by atoms with Crippen LogP contribution in [-0.2, 0) is 9.53 Å². The van der Waals surface area contributed by atoms with E-state index in [9.17, 15) is 9.59 Å². The predicted octanol–water partition coefficient (Wildman–Crippen LogP) is 3.48. The third kappa shape index (κ3) is 4.93. The van der Waals surface area contributed by atoms with Gasteiger partial charge >= 0.3 is 12.0 Å². The number of aromatic nitrogens is 1. The van der Waals surface area contributed by atoms with E-state index in [4.69, 9.17) is 9.72 Å². The van der Waals surface area contributed by atoms with Crippen LogP contribution in [0.25, 0.3) is 10.2 Å². The second-order valence-corrected chi connectivity index (χ2v) is 8.64. The highest BCUT2D eigenvalue weighted by Gasteiger charge is 2.28. The van der Waals surface area contributed by atoms with Gasteiger partial charge in [-0.05, 0) is 43.4 Å². The van der Waals surface area contributed by atoms with E-state index >= 15 is 0 Å². The first-order chi connectivity index (χ1) is 13.1. The van der Waals surface area contributed by atoms with Crippen molar-refractivity contribution in [2.45, 2.75) is 31.2 Å². The summed E-state index contributed by atoms with van der Waals surface area (Å²) < 4.78 is 6.02. The Morgan fingerprint density at radius 1 is 1.37 bits per heavy atom. The van der Waals surface area contributed by atoms with Gasteiger partial charge < -0.3 is 15.0 Å². The zero-order valence-electron chi connectivity index (χ0n) is 15.6. The van der Waals surface area contributed by atoms with Gasteiger partial charge in [0.2, 0.25) is 0 Å². The number of nitrogens with one attached hydrogen (secondary N) is 1. The van der Waals surface area contributed by atoms with E-state index in [-0.39, 0.29) is 12.0 Å². The van der Waals surface area contributed by atoms with E-state index in [1.807, 2.05) is 24.5 Å². The number of thiazole rings is 1. The normalized spacial score (nSPS) is 16.3. The minimum atomic E-state index is -0.586. The van der Waals surface area contributed by atoms with Gasteiger partial charge in [-0.3, -0.25) is 0 Å². The number of thioether (sulfide) groups is 1. The van der Waals surface area contributed by atoms with Gasteiger partial charge in [0.25, 0.3) is 0 Å². The number of hydrogen-bond acceptors (Lipinski definition) is 6. The highest BCUT2D eigenvalue weighted by atomic mass is 32.2. The van der Waals surface area contributed by atoms with Gasteiger partial charge in [-0.15, -0.1) is 11.3 Å². The van der Waals surface area contributed by atoms with E-state index in [2.05, 4.69) is 11.4 Å². The Bertz CT molecular complexity index is 754. The van der Waals surface area contributed by atoms with Crippen LogP contribution in [0.2, 0.25) is 0 Å². The van der Waals surface area contributed by atoms with E-state index < -0.39 is 6.04 Å². The molecule has 27 heavy (non-hydrogen) atoms. The maximum absolute atomic E-state index is 12.6. The summed E-state index contributed by atoms with van der Waals surface area (Å²) in [6, 6.07) is 7.41. The number of nitrogens with zero attached hydrogens (tertiary/aromatic N) is 2. The summed E-state index contributed by atoms with van der Waals surface area (Å²) in [5.74, 6) is 0.792. The lowest BCUT2D eigenvalue weighted by Crippen LogP contribution is -2.50. The summed E-state index contributed by atoms with van der Waals surface area (Å²) in [6.45, 7) is 1.34. The minimum absolute atomic E-state index is 0.186. The molecule has 3 rings (SSSR count). The molecule has 1 N–H and O–H groups in total. The monoisotopic (exact) mass is 407 g/mol. The molecule has 146 valence electrons. The lowest BCUT2D eigenvalue weighted by Gasteiger charge is -2.32. The van der Waals surface area contributed by atoms with Crippen LogP contribution in [0.15, 0.2) is 24.3 Å². The Hall–Kier alpha value is -1.80. The van der Waals surface area contributed by atoms with Crippen molar-refractivity contribution in [2.75, 3.05) is 32.2 Å². The van der Waals surface area contributed by atoms with Crippen molar-refractivity contribution in [1.29, 1.82) is 0 Å². The topological polar surface area (TPSA) is 71.5 Å². The molecule has 1 aliphatic rings. The molecule has 0 unspecified atom stereocenters. The molecule has 1 atom stereocenters. The summed E-state index contributed by atoms with van der Waals surface area (Å²) >= 11 is 3.39. The number of methoxy groups -OCH3 is 1. The number of piperidine rings is 1. The Kier molecular flexibility index (Phi) is 6.95. The first kappa shape index (κ1) is 19.9. The molecule has 8 heteroatoms. The number of para-hydroxylation sites is 1. The second-order valence-electron chi connectivity index (χ2n) is 6.59. The van der Waals surface area contributed by atoms with E-state index in [0.29, 0.717) is 25.4 Å². The lowest BCUT2D eigenvalue weighted by molar-refractivity contribution is -0.142. The third-order valence-corrected chi connectivity index (χ3v) is 6.68. The van der Waals surface area contributed by atoms with Crippen LogP contribution in [0.5, 0.6) is 0 Å². The molecule has 0 saturated carbocycles. The van der Waals surface area contributed by atoms with Crippen LogP contribution in [0, 0.1) is 0 Å². The number of amides is 2. The van der Waals surface area contributed by atoms with Gasteiger partial charge in [-0.1, -0.05) is 12.1 Å². The Morgan fingerprint density at radius 3 is 2.78 bits per heavy atom. The van der Waals surface area contributed by atoms with Crippen molar-refractivity contribution < 1.29 is 14.3 Å². The molecule has 6 nitrogen and oxygen atoms in total. The number of fused-ring (bicyclic) bond motifs is 1.